The van der Waals surface area contributed by atoms with Gasteiger partial charge < -0.3 is 13.7 Å². The Morgan fingerprint density at radius 3 is 1.22 bits per heavy atom. The normalized spacial score (nSPS) is 15.9. The molecule has 0 fully saturated rings. The first-order chi connectivity index (χ1) is 31.5. The molecule has 1 aliphatic heterocycles. The van der Waals surface area contributed by atoms with Crippen LogP contribution in [0.1, 0.15) is 26.8 Å². The SMILES string of the molecule is Cc1ccccc1C1c2sc(-c3ccc(-n4c5ccccc5c5ccccc54)cc3)cc2P(=O)(c2ccccc2)c2cc(-c3ccc(-n4c5ccccc5c5ccccc54)cc3)sc21. The molecule has 0 saturated carbocycles. The summed E-state index contributed by atoms with van der Waals surface area (Å²) in [7, 11) is -3.31. The highest BCUT2D eigenvalue weighted by molar-refractivity contribution is 7.86. The van der Waals surface area contributed by atoms with E-state index < -0.39 is 7.14 Å². The summed E-state index contributed by atoms with van der Waals surface area (Å²) in [5, 5.41) is 7.78. The summed E-state index contributed by atoms with van der Waals surface area (Å²) in [6.45, 7) is 2.21. The van der Waals surface area contributed by atoms with Crippen molar-refractivity contribution in [2.45, 2.75) is 12.8 Å². The third-order valence-corrected chi connectivity index (χ3v) is 19.2. The van der Waals surface area contributed by atoms with Gasteiger partial charge in [-0.1, -0.05) is 152 Å². The molecule has 12 aromatic rings. The Kier molecular flexibility index (Phi) is 8.51. The second kappa shape index (κ2) is 14.5. The molecular formula is C58H39N2OPS2. The van der Waals surface area contributed by atoms with Gasteiger partial charge >= 0.3 is 0 Å². The second-order valence-corrected chi connectivity index (χ2v) is 21.7. The van der Waals surface area contributed by atoms with E-state index in [1.165, 1.54) is 64.5 Å². The van der Waals surface area contributed by atoms with Crippen molar-refractivity contribution >= 4 is 89.3 Å². The molecule has 0 amide bonds. The second-order valence-electron chi connectivity index (χ2n) is 16.8. The predicted octanol–water partition coefficient (Wildman–Crippen LogP) is 14.8. The number of benzene rings is 8. The van der Waals surface area contributed by atoms with Gasteiger partial charge in [0.25, 0.3) is 0 Å². The van der Waals surface area contributed by atoms with E-state index in [-0.39, 0.29) is 5.92 Å². The van der Waals surface area contributed by atoms with Gasteiger partial charge in [-0.2, -0.15) is 0 Å². The van der Waals surface area contributed by atoms with Gasteiger partial charge in [-0.25, -0.2) is 0 Å². The molecule has 1 aliphatic rings. The van der Waals surface area contributed by atoms with Gasteiger partial charge in [-0.3, -0.25) is 0 Å². The van der Waals surface area contributed by atoms with Crippen molar-refractivity contribution in [2.24, 2.45) is 0 Å². The number of thiophene rings is 2. The maximum Gasteiger partial charge on any atom is 0.173 e. The van der Waals surface area contributed by atoms with E-state index in [1.807, 2.05) is 18.2 Å². The van der Waals surface area contributed by atoms with Crippen molar-refractivity contribution in [3.8, 4) is 32.3 Å². The average molecular weight is 875 g/mol. The number of hydrogen-bond acceptors (Lipinski definition) is 3. The lowest BCUT2D eigenvalue weighted by molar-refractivity contribution is 0.592. The standard InChI is InChI=1S/C58H39N2OPS2/c1-37-15-5-6-18-43(37)56-57-52(35-54(63-57)38-27-31-40(32-28-38)59-48-23-11-7-19-44(48)45-20-8-12-24-49(45)59)62(61,42-16-3-2-4-17-42)53-36-55(64-58(53)56)39-29-33-41(34-30-39)60-50-25-13-9-21-46(50)47-22-10-14-26-51(47)60/h2-36,56H,1H3. The highest BCUT2D eigenvalue weighted by Gasteiger charge is 2.45. The number of rotatable bonds is 6. The van der Waals surface area contributed by atoms with Gasteiger partial charge in [-0.15, -0.1) is 22.7 Å². The van der Waals surface area contributed by atoms with Crippen molar-refractivity contribution in [1.29, 1.82) is 0 Å². The molecule has 0 saturated heterocycles. The van der Waals surface area contributed by atoms with Crippen LogP contribution in [0, 0.1) is 6.92 Å². The Balaban J connectivity index is 0.956. The fourth-order valence-corrected chi connectivity index (χ4v) is 16.9. The predicted molar refractivity (Wildman–Crippen MR) is 273 cm³/mol. The molecule has 0 spiro atoms. The highest BCUT2D eigenvalue weighted by atomic mass is 32.1. The van der Waals surface area contributed by atoms with Crippen LogP contribution in [0.15, 0.2) is 212 Å². The Labute approximate surface area is 379 Å². The van der Waals surface area contributed by atoms with Crippen molar-refractivity contribution in [3.05, 3.63) is 233 Å². The molecule has 0 N–H and O–H groups in total. The number of nitrogens with zero attached hydrogens (tertiary/aromatic N) is 2. The van der Waals surface area contributed by atoms with Gasteiger partial charge in [0.05, 0.1) is 28.0 Å². The molecule has 304 valence electrons. The molecule has 3 nitrogen and oxygen atoms in total. The van der Waals surface area contributed by atoms with Gasteiger partial charge in [0, 0.05) is 68.3 Å². The molecule has 0 bridgehead atoms. The monoisotopic (exact) mass is 874 g/mol. The molecule has 0 aliphatic carbocycles. The molecule has 64 heavy (non-hydrogen) atoms. The first-order valence-corrected chi connectivity index (χ1v) is 25.1. The van der Waals surface area contributed by atoms with Crippen LogP contribution in [0.25, 0.3) is 75.9 Å². The smallest absolute Gasteiger partial charge is 0.173 e. The summed E-state index contributed by atoms with van der Waals surface area (Å²) >= 11 is 3.60. The fourth-order valence-electron chi connectivity index (χ4n) is 10.3. The van der Waals surface area contributed by atoms with Crippen LogP contribution in [0.4, 0.5) is 0 Å². The minimum Gasteiger partial charge on any atom is -0.309 e. The molecular weight excluding hydrogens is 836 g/mol. The van der Waals surface area contributed by atoms with E-state index in [4.69, 9.17) is 0 Å². The fraction of sp³-hybridized carbons (Fsp3) is 0.0345. The highest BCUT2D eigenvalue weighted by Crippen LogP contribution is 2.58. The molecule has 4 aromatic heterocycles. The molecule has 8 aromatic carbocycles. The van der Waals surface area contributed by atoms with Crippen LogP contribution in [0.5, 0.6) is 0 Å². The van der Waals surface area contributed by atoms with Gasteiger partial charge in [0.1, 0.15) is 0 Å². The van der Waals surface area contributed by atoms with Gasteiger partial charge in [0.2, 0.25) is 0 Å². The zero-order valence-electron chi connectivity index (χ0n) is 34.9. The van der Waals surface area contributed by atoms with Crippen LogP contribution in [0.3, 0.4) is 0 Å². The van der Waals surface area contributed by atoms with E-state index in [2.05, 4.69) is 210 Å². The largest absolute Gasteiger partial charge is 0.309 e. The maximum absolute atomic E-state index is 16.6. The number of aryl methyl sites for hydroxylation is 1. The summed E-state index contributed by atoms with van der Waals surface area (Å²) in [6, 6.07) is 76.0. The zero-order chi connectivity index (χ0) is 42.5. The number of para-hydroxylation sites is 4. The van der Waals surface area contributed by atoms with Crippen molar-refractivity contribution in [2.75, 3.05) is 0 Å². The Morgan fingerprint density at radius 1 is 0.422 bits per heavy atom. The summed E-state index contributed by atoms with van der Waals surface area (Å²) < 4.78 is 21.3. The molecule has 5 heterocycles. The Hall–Kier alpha value is -7.01. The van der Waals surface area contributed by atoms with E-state index in [0.717, 1.165) is 48.2 Å². The summed E-state index contributed by atoms with van der Waals surface area (Å²) in [5.41, 5.74) is 11.7. The lowest BCUT2D eigenvalue weighted by atomic mass is 9.91. The van der Waals surface area contributed by atoms with E-state index >= 15 is 4.57 Å². The minimum absolute atomic E-state index is 0.0526. The molecule has 6 heteroatoms. The van der Waals surface area contributed by atoms with E-state index in [0.29, 0.717) is 0 Å². The maximum atomic E-state index is 16.6. The zero-order valence-corrected chi connectivity index (χ0v) is 37.4. The molecule has 13 rings (SSSR count). The molecule has 0 unspecified atom stereocenters. The first kappa shape index (κ1) is 37.5. The summed E-state index contributed by atoms with van der Waals surface area (Å²) in [6.07, 6.45) is 0. The van der Waals surface area contributed by atoms with Crippen molar-refractivity contribution < 1.29 is 4.57 Å². The third kappa shape index (κ3) is 5.55. The minimum atomic E-state index is -3.31. The van der Waals surface area contributed by atoms with E-state index in [9.17, 15) is 0 Å². The van der Waals surface area contributed by atoms with Crippen LogP contribution < -0.4 is 15.9 Å². The van der Waals surface area contributed by atoms with Crippen LogP contribution >= 0.6 is 29.8 Å². The van der Waals surface area contributed by atoms with Crippen molar-refractivity contribution in [1.82, 2.24) is 9.13 Å². The van der Waals surface area contributed by atoms with Crippen LogP contribution in [-0.4, -0.2) is 9.13 Å². The van der Waals surface area contributed by atoms with Gasteiger partial charge in [0.15, 0.2) is 7.14 Å². The third-order valence-electron chi connectivity index (χ3n) is 13.3. The first-order valence-electron chi connectivity index (χ1n) is 21.7. The topological polar surface area (TPSA) is 26.9 Å². The van der Waals surface area contributed by atoms with Crippen molar-refractivity contribution in [3.63, 3.8) is 0 Å². The number of fused-ring (bicyclic) bond motifs is 8. The molecule has 0 atom stereocenters. The summed E-state index contributed by atoms with van der Waals surface area (Å²) in [5.74, 6) is -0.0526. The van der Waals surface area contributed by atoms with Gasteiger partial charge in [-0.05, 0) is 89.8 Å². The average Bonchev–Trinajstić information content (AvgIpc) is 4.15. The lowest BCUT2D eigenvalue weighted by Gasteiger charge is -2.30. The summed E-state index contributed by atoms with van der Waals surface area (Å²) in [4.78, 5) is 4.60. The number of hydrogen-bond donors (Lipinski definition) is 0. The quantitative estimate of drug-likeness (QED) is 0.153. The Morgan fingerprint density at radius 2 is 0.797 bits per heavy atom. The Bertz CT molecular complexity index is 3520. The lowest BCUT2D eigenvalue weighted by Crippen LogP contribution is -2.33. The van der Waals surface area contributed by atoms with Crippen LogP contribution in [-0.2, 0) is 4.57 Å². The van der Waals surface area contributed by atoms with E-state index in [1.54, 1.807) is 22.7 Å². The molecule has 0 radical (unpaired) electrons. The van der Waals surface area contributed by atoms with Crippen LogP contribution in [0.2, 0.25) is 0 Å². The number of aromatic nitrogens is 2.